The fraction of sp³-hybridized carbons (Fsp3) is 0.455. The molecule has 0 aliphatic rings. The van der Waals surface area contributed by atoms with E-state index in [1.165, 1.54) is 16.7 Å². The maximum atomic E-state index is 4.19. The van der Waals surface area contributed by atoms with E-state index < -0.39 is 0 Å². The number of likely N-dealkylation sites (N-methyl/N-ethyl adjacent to an activating group) is 1. The Morgan fingerprint density at radius 3 is 2.54 bits per heavy atom. The Hall–Kier alpha value is -1.49. The smallest absolute Gasteiger partial charge is 0.0234 e. The lowest BCUT2D eigenvalue weighted by atomic mass is 9.96. The van der Waals surface area contributed by atoms with Crippen molar-refractivity contribution in [3.8, 4) is 11.8 Å². The van der Waals surface area contributed by atoms with Gasteiger partial charge in [0, 0.05) is 18.5 Å². The molecule has 0 amide bonds. The number of allylic oxidation sites excluding steroid dienone is 2. The molecule has 0 atom stereocenters. The van der Waals surface area contributed by atoms with Gasteiger partial charge in [0.2, 0.25) is 0 Å². The summed E-state index contributed by atoms with van der Waals surface area (Å²) in [5.74, 6) is 6.80. The molecule has 0 aromatic heterocycles. The van der Waals surface area contributed by atoms with Crippen molar-refractivity contribution in [2.24, 2.45) is 11.3 Å². The van der Waals surface area contributed by atoms with E-state index in [-0.39, 0.29) is 17.8 Å². The van der Waals surface area contributed by atoms with Gasteiger partial charge in [-0.25, -0.2) is 0 Å². The third-order valence-electron chi connectivity index (χ3n) is 3.51. The van der Waals surface area contributed by atoms with Gasteiger partial charge in [0.15, 0.2) is 0 Å². The van der Waals surface area contributed by atoms with Crippen molar-refractivity contribution in [3.63, 3.8) is 0 Å². The van der Waals surface area contributed by atoms with E-state index in [9.17, 15) is 0 Å². The molecule has 0 radical (unpaired) electrons. The van der Waals surface area contributed by atoms with Crippen molar-refractivity contribution >= 4 is 18.0 Å². The molecule has 1 nitrogen and oxygen atoms in total. The van der Waals surface area contributed by atoms with Gasteiger partial charge in [-0.1, -0.05) is 62.6 Å². The maximum Gasteiger partial charge on any atom is 0.0234 e. The van der Waals surface area contributed by atoms with E-state index in [0.717, 1.165) is 13.1 Å². The highest BCUT2D eigenvalue weighted by molar-refractivity contribution is 5.85. The summed E-state index contributed by atoms with van der Waals surface area (Å²) in [6.07, 6.45) is 4.08. The average molecular weight is 346 g/mol. The lowest BCUT2D eigenvalue weighted by molar-refractivity contribution is 0.363. The molecule has 0 aliphatic heterocycles. The second-order valence-electron chi connectivity index (χ2n) is 7.50. The van der Waals surface area contributed by atoms with E-state index in [4.69, 9.17) is 0 Å². The van der Waals surface area contributed by atoms with Crippen LogP contribution in [0.2, 0.25) is 0 Å². The molecular formula is C22H32ClN. The van der Waals surface area contributed by atoms with Crippen LogP contribution in [-0.2, 0) is 6.54 Å². The zero-order chi connectivity index (χ0) is 17.5. The number of benzene rings is 1. The molecule has 0 spiro atoms. The normalized spacial score (nSPS) is 11.3. The van der Waals surface area contributed by atoms with Crippen molar-refractivity contribution in [2.75, 3.05) is 13.6 Å². The van der Waals surface area contributed by atoms with E-state index >= 15 is 0 Å². The molecule has 0 heterocycles. The molecule has 0 N–H and O–H groups in total. The first kappa shape index (κ1) is 22.5. The maximum absolute atomic E-state index is 4.19. The van der Waals surface area contributed by atoms with Gasteiger partial charge >= 0.3 is 0 Å². The fourth-order valence-electron chi connectivity index (χ4n) is 2.13. The standard InChI is InChI=1S/C22H31N.ClH/c1-18(2)19(3)21-13-11-12-20(16-21)17-23(7)15-10-8-9-14-22(4,5)6;/h8,10-13,16,18H,3,15,17H2,1-2,4-7H3;1H/b10-8+;. The molecule has 0 fully saturated rings. The summed E-state index contributed by atoms with van der Waals surface area (Å²) in [7, 11) is 2.13. The molecule has 0 unspecified atom stereocenters. The van der Waals surface area contributed by atoms with E-state index in [1.807, 2.05) is 6.08 Å². The predicted molar refractivity (Wildman–Crippen MR) is 110 cm³/mol. The molecule has 0 aliphatic carbocycles. The highest BCUT2D eigenvalue weighted by Crippen LogP contribution is 2.22. The van der Waals surface area contributed by atoms with Crippen molar-refractivity contribution in [1.82, 2.24) is 4.90 Å². The summed E-state index contributed by atoms with van der Waals surface area (Å²) in [5.41, 5.74) is 3.83. The highest BCUT2D eigenvalue weighted by Gasteiger charge is 2.05. The first-order valence-electron chi connectivity index (χ1n) is 8.33. The molecule has 132 valence electrons. The Labute approximate surface area is 155 Å². The Balaban J connectivity index is 0.00000529. The Kier molecular flexibility index (Phi) is 9.75. The summed E-state index contributed by atoms with van der Waals surface area (Å²) < 4.78 is 0. The van der Waals surface area contributed by atoms with Crippen molar-refractivity contribution < 1.29 is 0 Å². The zero-order valence-electron chi connectivity index (χ0n) is 16.0. The van der Waals surface area contributed by atoms with Gasteiger partial charge < -0.3 is 0 Å². The second-order valence-corrected chi connectivity index (χ2v) is 7.50. The molecule has 0 bridgehead atoms. The quantitative estimate of drug-likeness (QED) is 0.587. The third-order valence-corrected chi connectivity index (χ3v) is 3.51. The lowest BCUT2D eigenvalue weighted by Crippen LogP contribution is -2.17. The minimum absolute atomic E-state index is 0. The van der Waals surface area contributed by atoms with E-state index in [0.29, 0.717) is 5.92 Å². The van der Waals surface area contributed by atoms with Gasteiger partial charge in [-0.05, 0) is 56.5 Å². The molecule has 1 rings (SSSR count). The summed E-state index contributed by atoms with van der Waals surface area (Å²) >= 11 is 0. The minimum atomic E-state index is 0. The Morgan fingerprint density at radius 2 is 1.96 bits per heavy atom. The van der Waals surface area contributed by atoms with Crippen molar-refractivity contribution in [3.05, 3.63) is 54.1 Å². The predicted octanol–water partition coefficient (Wildman–Crippen LogP) is 5.82. The van der Waals surface area contributed by atoms with Gasteiger partial charge in [-0.2, -0.15) is 0 Å². The monoisotopic (exact) mass is 345 g/mol. The van der Waals surface area contributed by atoms with Gasteiger partial charge in [0.05, 0.1) is 0 Å². The van der Waals surface area contributed by atoms with Crippen LogP contribution in [0, 0.1) is 23.2 Å². The van der Waals surface area contributed by atoms with Gasteiger partial charge in [-0.3, -0.25) is 4.90 Å². The molecule has 1 aromatic carbocycles. The number of halogens is 1. The van der Waals surface area contributed by atoms with Crippen LogP contribution in [-0.4, -0.2) is 18.5 Å². The first-order valence-corrected chi connectivity index (χ1v) is 8.33. The SMILES string of the molecule is C=C(c1cccc(CN(C)C/C=C/C#CC(C)(C)C)c1)C(C)C.Cl. The van der Waals surface area contributed by atoms with Crippen molar-refractivity contribution in [2.45, 2.75) is 41.2 Å². The van der Waals surface area contributed by atoms with Gasteiger partial charge in [0.1, 0.15) is 0 Å². The van der Waals surface area contributed by atoms with Crippen LogP contribution in [0.4, 0.5) is 0 Å². The number of hydrogen-bond donors (Lipinski definition) is 0. The molecule has 2 heteroatoms. The molecular weight excluding hydrogens is 314 g/mol. The molecule has 24 heavy (non-hydrogen) atoms. The summed E-state index contributed by atoms with van der Waals surface area (Å²) in [4.78, 5) is 2.28. The molecule has 0 saturated heterocycles. The first-order chi connectivity index (χ1) is 10.7. The summed E-state index contributed by atoms with van der Waals surface area (Å²) in [5, 5.41) is 0. The second kappa shape index (κ2) is 10.4. The van der Waals surface area contributed by atoms with Crippen LogP contribution in [0.15, 0.2) is 43.0 Å². The fourth-order valence-corrected chi connectivity index (χ4v) is 2.13. The summed E-state index contributed by atoms with van der Waals surface area (Å²) in [6.45, 7) is 16.8. The van der Waals surface area contributed by atoms with Crippen LogP contribution >= 0.6 is 12.4 Å². The van der Waals surface area contributed by atoms with Gasteiger partial charge in [-0.15, -0.1) is 12.4 Å². The molecule has 1 aromatic rings. The zero-order valence-corrected chi connectivity index (χ0v) is 16.8. The molecule has 0 saturated carbocycles. The largest absolute Gasteiger partial charge is 0.298 e. The van der Waals surface area contributed by atoms with Crippen molar-refractivity contribution in [1.29, 1.82) is 0 Å². The highest BCUT2D eigenvalue weighted by atomic mass is 35.5. The van der Waals surface area contributed by atoms with Crippen LogP contribution in [0.3, 0.4) is 0 Å². The Bertz CT molecular complexity index is 609. The third kappa shape index (κ3) is 8.96. The van der Waals surface area contributed by atoms with E-state index in [2.05, 4.69) is 95.3 Å². The van der Waals surface area contributed by atoms with Crippen LogP contribution in [0.1, 0.15) is 45.7 Å². The number of rotatable bonds is 6. The minimum Gasteiger partial charge on any atom is -0.298 e. The topological polar surface area (TPSA) is 3.24 Å². The van der Waals surface area contributed by atoms with Crippen LogP contribution < -0.4 is 0 Å². The average Bonchev–Trinajstić information content (AvgIpc) is 2.45. The van der Waals surface area contributed by atoms with Gasteiger partial charge in [0.25, 0.3) is 0 Å². The van der Waals surface area contributed by atoms with Crippen LogP contribution in [0.5, 0.6) is 0 Å². The van der Waals surface area contributed by atoms with E-state index in [1.54, 1.807) is 0 Å². The number of hydrogen-bond acceptors (Lipinski definition) is 1. The lowest BCUT2D eigenvalue weighted by Gasteiger charge is -2.16. The Morgan fingerprint density at radius 1 is 1.29 bits per heavy atom. The number of nitrogens with zero attached hydrogens (tertiary/aromatic N) is 1. The summed E-state index contributed by atoms with van der Waals surface area (Å²) in [6, 6.07) is 8.70. The van der Waals surface area contributed by atoms with Crippen LogP contribution in [0.25, 0.3) is 5.57 Å².